The van der Waals surface area contributed by atoms with Gasteiger partial charge in [0.2, 0.25) is 0 Å². The van der Waals surface area contributed by atoms with Crippen LogP contribution in [-0.2, 0) is 4.79 Å². The molecule has 0 aliphatic rings. The predicted octanol–water partition coefficient (Wildman–Crippen LogP) is -4.11. The molecule has 0 unspecified atom stereocenters. The van der Waals surface area contributed by atoms with Gasteiger partial charge in [0.1, 0.15) is 0 Å². The molecule has 0 heterocycles. The van der Waals surface area contributed by atoms with Crippen molar-refractivity contribution in [3.63, 3.8) is 0 Å². The molecule has 0 saturated heterocycles. The molecule has 0 bridgehead atoms. The van der Waals surface area contributed by atoms with E-state index in [-0.39, 0.29) is 51.0 Å². The van der Waals surface area contributed by atoms with Crippen LogP contribution in [0.1, 0.15) is 64.7 Å². The molecule has 0 amide bonds. The maximum absolute atomic E-state index is 10.1. The van der Waals surface area contributed by atoms with E-state index < -0.39 is 5.97 Å². The van der Waals surface area contributed by atoms with Crippen LogP contribution in [0.2, 0.25) is 0 Å². The van der Waals surface area contributed by atoms with Gasteiger partial charge >= 0.3 is 19.8 Å². The molecule has 2 nitrogen and oxygen atoms in total. The number of unbranched alkanes of at least 4 members (excludes halogenated alkanes) is 7. The molecular formula is C11H21Cl2GaO2. The fraction of sp³-hybridized carbons (Fsp3) is 0.909. The van der Waals surface area contributed by atoms with Gasteiger partial charge in [-0.15, -0.1) is 0 Å². The number of hydrogen-bond acceptors (Lipinski definition) is 2. The van der Waals surface area contributed by atoms with Gasteiger partial charge in [0.05, 0.1) is 0 Å². The molecule has 0 fully saturated rings. The fourth-order valence-electron chi connectivity index (χ4n) is 1.40. The van der Waals surface area contributed by atoms with Crippen LogP contribution in [0.25, 0.3) is 0 Å². The molecule has 0 spiro atoms. The van der Waals surface area contributed by atoms with Gasteiger partial charge in [0.25, 0.3) is 0 Å². The van der Waals surface area contributed by atoms with E-state index in [9.17, 15) is 9.90 Å². The van der Waals surface area contributed by atoms with Crippen molar-refractivity contribution in [1.82, 2.24) is 0 Å². The Morgan fingerprint density at radius 1 is 0.875 bits per heavy atom. The maximum atomic E-state index is 10.1. The van der Waals surface area contributed by atoms with Crippen LogP contribution in [0.4, 0.5) is 0 Å². The molecular weight excluding hydrogens is 305 g/mol. The average Bonchev–Trinajstić information content (AvgIpc) is 2.09. The summed E-state index contributed by atoms with van der Waals surface area (Å²) in [6.45, 7) is 2.21. The first-order chi connectivity index (χ1) is 6.27. The van der Waals surface area contributed by atoms with Crippen LogP contribution in [-0.4, -0.2) is 25.8 Å². The van der Waals surface area contributed by atoms with Crippen molar-refractivity contribution >= 4 is 25.8 Å². The van der Waals surface area contributed by atoms with E-state index in [2.05, 4.69) is 6.92 Å². The second-order valence-corrected chi connectivity index (χ2v) is 3.60. The smallest absolute Gasteiger partial charge is 1.00 e. The molecule has 94 valence electrons. The largest absolute Gasteiger partial charge is 3.00 e. The van der Waals surface area contributed by atoms with Crippen LogP contribution in [0.15, 0.2) is 0 Å². The SMILES string of the molecule is CCCCCCCCCCC(=O)[O-].[Cl-].[Cl-].[Ga+3]. The van der Waals surface area contributed by atoms with Gasteiger partial charge in [-0.25, -0.2) is 0 Å². The number of carboxylic acids is 1. The van der Waals surface area contributed by atoms with Crippen LogP contribution >= 0.6 is 0 Å². The molecule has 0 aliphatic carbocycles. The molecule has 0 N–H and O–H groups in total. The Morgan fingerprint density at radius 2 is 1.25 bits per heavy atom. The van der Waals surface area contributed by atoms with Gasteiger partial charge in [0.15, 0.2) is 0 Å². The van der Waals surface area contributed by atoms with Crippen LogP contribution in [0.5, 0.6) is 0 Å². The Morgan fingerprint density at radius 3 is 1.62 bits per heavy atom. The molecule has 0 saturated carbocycles. The Balaban J connectivity index is -0.000000240. The van der Waals surface area contributed by atoms with Crippen molar-refractivity contribution in [3.05, 3.63) is 0 Å². The summed E-state index contributed by atoms with van der Waals surface area (Å²) in [6.07, 6.45) is 9.75. The minimum atomic E-state index is -0.911. The molecule has 0 aromatic rings. The second-order valence-electron chi connectivity index (χ2n) is 3.60. The number of aliphatic carboxylic acids is 1. The monoisotopic (exact) mass is 324 g/mol. The topological polar surface area (TPSA) is 40.1 Å². The Labute approximate surface area is 125 Å². The van der Waals surface area contributed by atoms with Crippen LogP contribution in [0, 0.1) is 0 Å². The average molecular weight is 326 g/mol. The van der Waals surface area contributed by atoms with Gasteiger partial charge in [-0.3, -0.25) is 0 Å². The summed E-state index contributed by atoms with van der Waals surface area (Å²) >= 11 is 0. The van der Waals surface area contributed by atoms with Crippen molar-refractivity contribution in [2.24, 2.45) is 0 Å². The molecule has 0 atom stereocenters. The third-order valence-corrected chi connectivity index (χ3v) is 2.23. The summed E-state index contributed by atoms with van der Waals surface area (Å²) < 4.78 is 0. The van der Waals surface area contributed by atoms with Crippen molar-refractivity contribution in [2.45, 2.75) is 64.7 Å². The zero-order valence-electron chi connectivity index (χ0n) is 10.0. The molecule has 0 aromatic heterocycles. The standard InChI is InChI=1S/C11H22O2.2ClH.Ga/c1-2-3-4-5-6-7-8-9-10-11(12)13;;;/h2-10H2,1H3,(H,12,13);2*1H;/q;;;+3/p-3. The third-order valence-electron chi connectivity index (χ3n) is 2.23. The van der Waals surface area contributed by atoms with Crippen molar-refractivity contribution in [1.29, 1.82) is 0 Å². The zero-order chi connectivity index (χ0) is 9.94. The van der Waals surface area contributed by atoms with E-state index in [1.807, 2.05) is 0 Å². The first-order valence-electron chi connectivity index (χ1n) is 5.47. The van der Waals surface area contributed by atoms with Gasteiger partial charge in [0, 0.05) is 5.97 Å². The molecule has 16 heavy (non-hydrogen) atoms. The first-order valence-corrected chi connectivity index (χ1v) is 5.47. The predicted molar refractivity (Wildman–Crippen MR) is 58.0 cm³/mol. The summed E-state index contributed by atoms with van der Waals surface area (Å²) in [7, 11) is 0. The van der Waals surface area contributed by atoms with Crippen LogP contribution < -0.4 is 29.9 Å². The summed E-state index contributed by atoms with van der Waals surface area (Å²) in [5.41, 5.74) is 0. The Hall–Kier alpha value is 0.686. The van der Waals surface area contributed by atoms with Crippen molar-refractivity contribution in [2.75, 3.05) is 0 Å². The van der Waals surface area contributed by atoms with E-state index in [4.69, 9.17) is 0 Å². The second kappa shape index (κ2) is 21.0. The summed E-state index contributed by atoms with van der Waals surface area (Å²) in [5.74, 6) is -0.911. The summed E-state index contributed by atoms with van der Waals surface area (Å²) in [6, 6.07) is 0. The normalized spacial score (nSPS) is 8.31. The van der Waals surface area contributed by atoms with Gasteiger partial charge in [-0.2, -0.15) is 0 Å². The van der Waals surface area contributed by atoms with E-state index in [1.165, 1.54) is 38.5 Å². The number of carbonyl (C=O) groups excluding carboxylic acids is 1. The van der Waals surface area contributed by atoms with Gasteiger partial charge in [-0.05, 0) is 12.8 Å². The van der Waals surface area contributed by atoms with Crippen molar-refractivity contribution in [3.8, 4) is 0 Å². The van der Waals surface area contributed by atoms with E-state index >= 15 is 0 Å². The molecule has 0 rings (SSSR count). The Kier molecular flexibility index (Phi) is 33.5. The number of carboxylic acid groups (broad SMARTS) is 1. The van der Waals surface area contributed by atoms with E-state index in [1.54, 1.807) is 0 Å². The third kappa shape index (κ3) is 24.1. The number of hydrogen-bond donors (Lipinski definition) is 0. The van der Waals surface area contributed by atoms with E-state index in [0.29, 0.717) is 0 Å². The van der Waals surface area contributed by atoms with Gasteiger partial charge < -0.3 is 34.7 Å². The maximum Gasteiger partial charge on any atom is 3.00 e. The number of carbonyl (C=O) groups is 1. The van der Waals surface area contributed by atoms with Crippen LogP contribution in [0.3, 0.4) is 0 Å². The van der Waals surface area contributed by atoms with Crippen molar-refractivity contribution < 1.29 is 34.7 Å². The summed E-state index contributed by atoms with van der Waals surface area (Å²) in [5, 5.41) is 10.1. The molecule has 0 aromatic carbocycles. The quantitative estimate of drug-likeness (QED) is 0.319. The molecule has 5 heteroatoms. The Bertz CT molecular complexity index is 135. The minimum Gasteiger partial charge on any atom is -1.00 e. The van der Waals surface area contributed by atoms with E-state index in [0.717, 1.165) is 12.8 Å². The zero-order valence-corrected chi connectivity index (χ0v) is 13.9. The first kappa shape index (κ1) is 25.5. The summed E-state index contributed by atoms with van der Waals surface area (Å²) in [4.78, 5) is 10.1. The molecule has 0 radical (unpaired) electrons. The minimum absolute atomic E-state index is 0. The number of halogens is 2. The van der Waals surface area contributed by atoms with Gasteiger partial charge in [-0.1, -0.05) is 51.9 Å². The number of rotatable bonds is 9. The molecule has 0 aliphatic heterocycles. The fourth-order valence-corrected chi connectivity index (χ4v) is 1.40.